The summed E-state index contributed by atoms with van der Waals surface area (Å²) >= 11 is 4.15. The standard InChI is InChI=1S/C8H7N5OS/c9-7(14)5-2-1-4(3-6(5)15)8-10-12-13-11-8/h1-3,15H,(H2,9,14)(H,10,11,12,13). The number of tetrazole rings is 1. The van der Waals surface area contributed by atoms with Crippen molar-refractivity contribution >= 4 is 18.5 Å². The Morgan fingerprint density at radius 3 is 2.80 bits per heavy atom. The summed E-state index contributed by atoms with van der Waals surface area (Å²) in [6.07, 6.45) is 0. The summed E-state index contributed by atoms with van der Waals surface area (Å²) in [6, 6.07) is 4.93. The average Bonchev–Trinajstić information content (AvgIpc) is 2.69. The molecule has 2 rings (SSSR count). The molecule has 0 saturated heterocycles. The lowest BCUT2D eigenvalue weighted by atomic mass is 10.1. The quantitative estimate of drug-likeness (QED) is 0.633. The van der Waals surface area contributed by atoms with Crippen molar-refractivity contribution in [1.29, 1.82) is 0 Å². The SMILES string of the molecule is NC(=O)c1ccc(-c2nn[nH]n2)cc1S. The van der Waals surface area contributed by atoms with Crippen LogP contribution in [0.2, 0.25) is 0 Å². The third-order valence-corrected chi connectivity index (χ3v) is 2.24. The molecule has 0 radical (unpaired) electrons. The molecule has 7 heteroatoms. The van der Waals surface area contributed by atoms with E-state index in [-0.39, 0.29) is 0 Å². The third-order valence-electron chi connectivity index (χ3n) is 1.87. The number of nitrogens with one attached hydrogen (secondary N) is 1. The molecule has 0 aliphatic heterocycles. The van der Waals surface area contributed by atoms with Crippen LogP contribution in [0, 0.1) is 0 Å². The predicted octanol–water partition coefficient (Wildman–Crippen LogP) is 0.254. The van der Waals surface area contributed by atoms with Crippen molar-refractivity contribution in [2.24, 2.45) is 5.73 Å². The Morgan fingerprint density at radius 2 is 2.27 bits per heavy atom. The Hall–Kier alpha value is -1.89. The summed E-state index contributed by atoms with van der Waals surface area (Å²) in [5.41, 5.74) is 6.23. The molecule has 1 aromatic carbocycles. The number of H-pyrrole nitrogens is 1. The predicted molar refractivity (Wildman–Crippen MR) is 55.4 cm³/mol. The molecule has 76 valence electrons. The number of carbonyl (C=O) groups is 1. The lowest BCUT2D eigenvalue weighted by Gasteiger charge is -2.01. The van der Waals surface area contributed by atoms with Crippen LogP contribution in [0.15, 0.2) is 23.1 Å². The van der Waals surface area contributed by atoms with Gasteiger partial charge in [0.2, 0.25) is 11.7 Å². The van der Waals surface area contributed by atoms with Gasteiger partial charge in [-0.15, -0.1) is 22.8 Å². The fraction of sp³-hybridized carbons (Fsp3) is 0. The van der Waals surface area contributed by atoms with Crippen molar-refractivity contribution < 1.29 is 4.79 Å². The van der Waals surface area contributed by atoms with Crippen LogP contribution in [0.5, 0.6) is 0 Å². The van der Waals surface area contributed by atoms with Crippen LogP contribution in [0.1, 0.15) is 10.4 Å². The number of amides is 1. The minimum atomic E-state index is -0.514. The number of primary amides is 1. The van der Waals surface area contributed by atoms with Crippen molar-refractivity contribution in [3.8, 4) is 11.4 Å². The lowest BCUT2D eigenvalue weighted by molar-refractivity contribution is 0.0997. The van der Waals surface area contributed by atoms with Crippen LogP contribution >= 0.6 is 12.6 Å². The second-order valence-electron chi connectivity index (χ2n) is 2.83. The number of aromatic amines is 1. The Labute approximate surface area is 90.3 Å². The van der Waals surface area contributed by atoms with Crippen molar-refractivity contribution in [2.75, 3.05) is 0 Å². The van der Waals surface area contributed by atoms with E-state index < -0.39 is 5.91 Å². The van der Waals surface area contributed by atoms with Crippen molar-refractivity contribution in [1.82, 2.24) is 20.6 Å². The van der Waals surface area contributed by atoms with Gasteiger partial charge < -0.3 is 5.73 Å². The molecule has 0 aliphatic rings. The number of carbonyl (C=O) groups excluding carboxylic acids is 1. The minimum Gasteiger partial charge on any atom is -0.366 e. The molecule has 0 atom stereocenters. The number of nitrogens with two attached hydrogens (primary N) is 1. The summed E-state index contributed by atoms with van der Waals surface area (Å²) in [7, 11) is 0. The topological polar surface area (TPSA) is 97.5 Å². The Bertz CT molecular complexity index is 496. The Balaban J connectivity index is 2.47. The number of hydrogen-bond acceptors (Lipinski definition) is 5. The highest BCUT2D eigenvalue weighted by molar-refractivity contribution is 7.80. The van der Waals surface area contributed by atoms with Gasteiger partial charge in [0, 0.05) is 10.5 Å². The Kier molecular flexibility index (Phi) is 2.38. The van der Waals surface area contributed by atoms with Crippen LogP contribution in [0.25, 0.3) is 11.4 Å². The largest absolute Gasteiger partial charge is 0.366 e. The van der Waals surface area contributed by atoms with Crippen molar-refractivity contribution in [3.63, 3.8) is 0 Å². The summed E-state index contributed by atoms with van der Waals surface area (Å²) < 4.78 is 0. The van der Waals surface area contributed by atoms with Gasteiger partial charge in [-0.1, -0.05) is 6.07 Å². The van der Waals surface area contributed by atoms with Crippen molar-refractivity contribution in [3.05, 3.63) is 23.8 Å². The monoisotopic (exact) mass is 221 g/mol. The molecule has 0 bridgehead atoms. The van der Waals surface area contributed by atoms with E-state index >= 15 is 0 Å². The van der Waals surface area contributed by atoms with Gasteiger partial charge in [-0.2, -0.15) is 5.21 Å². The van der Waals surface area contributed by atoms with Gasteiger partial charge in [-0.25, -0.2) is 0 Å². The summed E-state index contributed by atoms with van der Waals surface area (Å²) in [5, 5.41) is 13.4. The molecule has 1 aromatic heterocycles. The molecular weight excluding hydrogens is 214 g/mol. The fourth-order valence-electron chi connectivity index (χ4n) is 1.16. The van der Waals surface area contributed by atoms with Crippen LogP contribution in [-0.2, 0) is 0 Å². The van der Waals surface area contributed by atoms with Gasteiger partial charge >= 0.3 is 0 Å². The molecule has 0 fully saturated rings. The fourth-order valence-corrected chi connectivity index (χ4v) is 1.49. The molecule has 1 amide bonds. The van der Waals surface area contributed by atoms with Gasteiger partial charge in [0.15, 0.2) is 0 Å². The van der Waals surface area contributed by atoms with E-state index in [1.165, 1.54) is 0 Å². The van der Waals surface area contributed by atoms with Gasteiger partial charge in [-0.05, 0) is 17.3 Å². The Morgan fingerprint density at radius 1 is 1.47 bits per heavy atom. The van der Waals surface area contributed by atoms with E-state index in [1.807, 2.05) is 0 Å². The first-order valence-corrected chi connectivity index (χ1v) is 4.50. The molecule has 2 aromatic rings. The number of thiol groups is 1. The first kappa shape index (κ1) is 9.66. The molecule has 6 nitrogen and oxygen atoms in total. The first-order chi connectivity index (χ1) is 7.18. The van der Waals surface area contributed by atoms with Gasteiger partial charge in [-0.3, -0.25) is 4.79 Å². The molecule has 0 unspecified atom stereocenters. The summed E-state index contributed by atoms with van der Waals surface area (Å²) in [5.74, 6) is -0.0685. The molecule has 1 heterocycles. The smallest absolute Gasteiger partial charge is 0.249 e. The highest BCUT2D eigenvalue weighted by Crippen LogP contribution is 2.21. The zero-order valence-corrected chi connectivity index (χ0v) is 8.40. The lowest BCUT2D eigenvalue weighted by Crippen LogP contribution is -2.11. The number of hydrogen-bond donors (Lipinski definition) is 3. The summed E-state index contributed by atoms with van der Waals surface area (Å²) in [4.78, 5) is 11.4. The molecule has 0 aliphatic carbocycles. The van der Waals surface area contributed by atoms with Gasteiger partial charge in [0.1, 0.15) is 0 Å². The number of nitrogens with zero attached hydrogens (tertiary/aromatic N) is 3. The van der Waals surface area contributed by atoms with E-state index in [2.05, 4.69) is 33.3 Å². The zero-order valence-electron chi connectivity index (χ0n) is 7.51. The molecule has 15 heavy (non-hydrogen) atoms. The second kappa shape index (κ2) is 3.70. The number of rotatable bonds is 2. The highest BCUT2D eigenvalue weighted by atomic mass is 32.1. The first-order valence-electron chi connectivity index (χ1n) is 4.05. The molecule has 3 N–H and O–H groups in total. The van der Waals surface area contributed by atoms with Gasteiger partial charge in [0.05, 0.1) is 5.56 Å². The van der Waals surface area contributed by atoms with E-state index in [4.69, 9.17) is 5.73 Å². The highest BCUT2D eigenvalue weighted by Gasteiger charge is 2.09. The van der Waals surface area contributed by atoms with Crippen LogP contribution in [-0.4, -0.2) is 26.5 Å². The normalized spacial score (nSPS) is 10.2. The van der Waals surface area contributed by atoms with Gasteiger partial charge in [0.25, 0.3) is 0 Å². The van der Waals surface area contributed by atoms with E-state index in [9.17, 15) is 4.79 Å². The minimum absolute atomic E-state index is 0.366. The maximum atomic E-state index is 10.9. The average molecular weight is 221 g/mol. The van der Waals surface area contributed by atoms with Crippen molar-refractivity contribution in [2.45, 2.75) is 4.90 Å². The van der Waals surface area contributed by atoms with E-state index in [0.29, 0.717) is 16.3 Å². The number of benzene rings is 1. The molecule has 0 spiro atoms. The molecular formula is C8H7N5OS. The number of aromatic nitrogens is 4. The van der Waals surface area contributed by atoms with Crippen LogP contribution in [0.4, 0.5) is 0 Å². The van der Waals surface area contributed by atoms with E-state index in [1.54, 1.807) is 18.2 Å². The maximum absolute atomic E-state index is 10.9. The molecule has 0 saturated carbocycles. The van der Waals surface area contributed by atoms with E-state index in [0.717, 1.165) is 5.56 Å². The third kappa shape index (κ3) is 1.82. The van der Waals surface area contributed by atoms with Crippen LogP contribution < -0.4 is 5.73 Å². The maximum Gasteiger partial charge on any atom is 0.249 e. The van der Waals surface area contributed by atoms with Crippen LogP contribution in [0.3, 0.4) is 0 Å². The zero-order chi connectivity index (χ0) is 10.8. The second-order valence-corrected chi connectivity index (χ2v) is 3.31. The summed E-state index contributed by atoms with van der Waals surface area (Å²) in [6.45, 7) is 0.